The lowest BCUT2D eigenvalue weighted by molar-refractivity contribution is -0.150. The Morgan fingerprint density at radius 2 is 1.98 bits per heavy atom. The number of carbonyl (C=O) groups is 5. The van der Waals surface area contributed by atoms with Gasteiger partial charge in [0, 0.05) is 35.9 Å². The van der Waals surface area contributed by atoms with Gasteiger partial charge in [0.25, 0.3) is 5.91 Å². The van der Waals surface area contributed by atoms with E-state index < -0.39 is 29.4 Å². The molecule has 2 N–H and O–H groups in total. The van der Waals surface area contributed by atoms with Crippen LogP contribution in [0.5, 0.6) is 0 Å². The maximum Gasteiger partial charge on any atom is 0.410 e. The number of hydrogen-bond donors (Lipinski definition) is 2. The molecule has 3 saturated heterocycles. The van der Waals surface area contributed by atoms with E-state index in [2.05, 4.69) is 11.9 Å². The number of fused-ring (bicyclic) bond motifs is 1. The standard InChI is InChI=1S/C28H30N4O7S2/c1-2-12-39-28(38)30-10-9-19(14-30)31-11-8-17(24(31)34)13-18-15-41-26-22(25(35)32(26)23(18)27(36)37)29-21(33)16-40-20-6-4-3-5-7-20/h2-7,13,19,22,26H,1,8-12,14-16H2,(H,29,33)(H,36,37)/b17-13+/t19-,22-,26-/m1/s1. The van der Waals surface area contributed by atoms with Crippen molar-refractivity contribution >= 4 is 53.3 Å². The van der Waals surface area contributed by atoms with Crippen LogP contribution in [0.3, 0.4) is 0 Å². The van der Waals surface area contributed by atoms with Crippen molar-refractivity contribution in [3.63, 3.8) is 0 Å². The number of ether oxygens (including phenoxy) is 1. The van der Waals surface area contributed by atoms with Crippen LogP contribution >= 0.6 is 23.5 Å². The van der Waals surface area contributed by atoms with Crippen molar-refractivity contribution in [1.29, 1.82) is 0 Å². The van der Waals surface area contributed by atoms with Gasteiger partial charge in [-0.25, -0.2) is 9.59 Å². The first-order chi connectivity index (χ1) is 19.8. The lowest BCUT2D eigenvalue weighted by Gasteiger charge is -2.49. The van der Waals surface area contributed by atoms with E-state index in [1.807, 2.05) is 30.3 Å². The fraction of sp³-hybridized carbons (Fsp3) is 0.393. The zero-order valence-corrected chi connectivity index (χ0v) is 23.8. The Kier molecular flexibility index (Phi) is 8.74. The summed E-state index contributed by atoms with van der Waals surface area (Å²) in [5.41, 5.74) is 0.711. The van der Waals surface area contributed by atoms with Crippen molar-refractivity contribution < 1.29 is 33.8 Å². The molecule has 0 spiro atoms. The van der Waals surface area contributed by atoms with Crippen molar-refractivity contribution in [2.24, 2.45) is 0 Å². The number of likely N-dealkylation sites (tertiary alicyclic amines) is 2. The molecule has 4 amide bonds. The molecule has 4 aliphatic rings. The SMILES string of the molecule is C=CCOC(=O)N1CC[C@@H](N2CC/C(=C\C3=C(C(=O)O)N4C(=O)[C@@H](NC(=O)CSc5ccccc5)[C@H]4SC3)C2=O)C1. The third kappa shape index (κ3) is 6.01. The molecule has 3 atom stereocenters. The highest BCUT2D eigenvalue weighted by Crippen LogP contribution is 2.41. The summed E-state index contributed by atoms with van der Waals surface area (Å²) < 4.78 is 5.09. The van der Waals surface area contributed by atoms with E-state index in [1.165, 1.54) is 34.5 Å². The first-order valence-electron chi connectivity index (χ1n) is 13.2. The molecule has 0 aromatic heterocycles. The highest BCUT2D eigenvalue weighted by Gasteiger charge is 2.54. The first kappa shape index (κ1) is 28.8. The fourth-order valence-electron chi connectivity index (χ4n) is 5.34. The zero-order chi connectivity index (χ0) is 29.1. The second-order valence-corrected chi connectivity index (χ2v) is 12.1. The van der Waals surface area contributed by atoms with E-state index in [0.717, 1.165) is 4.90 Å². The first-order valence-corrected chi connectivity index (χ1v) is 15.2. The van der Waals surface area contributed by atoms with Crippen molar-refractivity contribution in [3.05, 3.63) is 65.9 Å². The van der Waals surface area contributed by atoms with Gasteiger partial charge in [0.15, 0.2) is 0 Å². The molecule has 1 aromatic carbocycles. The number of aliphatic carboxylic acids is 1. The minimum Gasteiger partial charge on any atom is -0.477 e. The molecule has 0 bridgehead atoms. The summed E-state index contributed by atoms with van der Waals surface area (Å²) in [6.07, 6.45) is 3.71. The number of amides is 4. The Labute approximate surface area is 245 Å². The van der Waals surface area contributed by atoms with Crippen LogP contribution in [0.1, 0.15) is 12.8 Å². The monoisotopic (exact) mass is 598 g/mol. The Morgan fingerprint density at radius 1 is 1.20 bits per heavy atom. The van der Waals surface area contributed by atoms with Crippen LogP contribution in [0.15, 0.2) is 70.8 Å². The smallest absolute Gasteiger partial charge is 0.410 e. The van der Waals surface area contributed by atoms with Crippen LogP contribution in [0.4, 0.5) is 4.79 Å². The van der Waals surface area contributed by atoms with Crippen molar-refractivity contribution in [2.45, 2.75) is 35.2 Å². The van der Waals surface area contributed by atoms with Crippen molar-refractivity contribution in [3.8, 4) is 0 Å². The molecule has 3 fully saturated rings. The Morgan fingerprint density at radius 3 is 2.71 bits per heavy atom. The number of allylic oxidation sites excluding steroid dienone is 1. The molecule has 4 aliphatic heterocycles. The van der Waals surface area contributed by atoms with E-state index in [-0.39, 0.29) is 41.7 Å². The van der Waals surface area contributed by atoms with Gasteiger partial charge < -0.3 is 25.0 Å². The Balaban J connectivity index is 1.22. The second-order valence-electron chi connectivity index (χ2n) is 9.91. The molecule has 0 saturated carbocycles. The number of hydrogen-bond acceptors (Lipinski definition) is 8. The van der Waals surface area contributed by atoms with Crippen molar-refractivity contribution in [1.82, 2.24) is 20.0 Å². The molecule has 0 aliphatic carbocycles. The normalized spacial score (nSPS) is 24.8. The highest BCUT2D eigenvalue weighted by molar-refractivity contribution is 8.00. The summed E-state index contributed by atoms with van der Waals surface area (Å²) in [6.45, 7) is 4.97. The van der Waals surface area contributed by atoms with Gasteiger partial charge in [-0.1, -0.05) is 30.9 Å². The number of thioether (sulfide) groups is 2. The number of carboxylic acid groups (broad SMARTS) is 1. The quantitative estimate of drug-likeness (QED) is 0.189. The summed E-state index contributed by atoms with van der Waals surface area (Å²) >= 11 is 2.71. The topological polar surface area (TPSA) is 137 Å². The molecular formula is C28H30N4O7S2. The summed E-state index contributed by atoms with van der Waals surface area (Å²) in [6, 6.07) is 8.47. The number of nitrogens with one attached hydrogen (secondary N) is 1. The van der Waals surface area contributed by atoms with Gasteiger partial charge in [0.2, 0.25) is 11.8 Å². The fourth-order valence-corrected chi connectivity index (χ4v) is 7.38. The maximum atomic E-state index is 13.3. The van der Waals surface area contributed by atoms with Crippen LogP contribution in [0.2, 0.25) is 0 Å². The summed E-state index contributed by atoms with van der Waals surface area (Å²) in [5.74, 6) is -1.82. The van der Waals surface area contributed by atoms with Gasteiger partial charge >= 0.3 is 12.1 Å². The van der Waals surface area contributed by atoms with Gasteiger partial charge in [-0.15, -0.1) is 23.5 Å². The number of carboxylic acids is 1. The van der Waals surface area contributed by atoms with E-state index >= 15 is 0 Å². The summed E-state index contributed by atoms with van der Waals surface area (Å²) in [4.78, 5) is 68.6. The number of rotatable bonds is 9. The molecular weight excluding hydrogens is 568 g/mol. The van der Waals surface area contributed by atoms with E-state index in [4.69, 9.17) is 4.74 Å². The van der Waals surface area contributed by atoms with Gasteiger partial charge in [-0.05, 0) is 36.6 Å². The Hall–Kier alpha value is -3.71. The number of nitrogens with zero attached hydrogens (tertiary/aromatic N) is 3. The van der Waals surface area contributed by atoms with Crippen molar-refractivity contribution in [2.75, 3.05) is 37.7 Å². The predicted octanol–water partition coefficient (Wildman–Crippen LogP) is 2.07. The van der Waals surface area contributed by atoms with Gasteiger partial charge in [-0.3, -0.25) is 19.3 Å². The van der Waals surface area contributed by atoms with E-state index in [9.17, 15) is 29.1 Å². The largest absolute Gasteiger partial charge is 0.477 e. The molecule has 11 nitrogen and oxygen atoms in total. The predicted molar refractivity (Wildman–Crippen MR) is 153 cm³/mol. The molecule has 5 rings (SSSR count). The summed E-state index contributed by atoms with van der Waals surface area (Å²) in [7, 11) is 0. The van der Waals surface area contributed by atoms with Gasteiger partial charge in [-0.2, -0.15) is 0 Å². The highest BCUT2D eigenvalue weighted by atomic mass is 32.2. The van der Waals surface area contributed by atoms with E-state index in [0.29, 0.717) is 43.6 Å². The third-order valence-corrected chi connectivity index (χ3v) is 9.64. The van der Waals surface area contributed by atoms with Crippen LogP contribution < -0.4 is 5.32 Å². The molecule has 13 heteroatoms. The molecule has 4 heterocycles. The second kappa shape index (κ2) is 12.4. The maximum absolute atomic E-state index is 13.3. The number of benzene rings is 1. The molecule has 0 radical (unpaired) electrons. The summed E-state index contributed by atoms with van der Waals surface area (Å²) in [5, 5.41) is 12.2. The number of β-lactam (4-membered cyclic amide) rings is 1. The average molecular weight is 599 g/mol. The lowest BCUT2D eigenvalue weighted by atomic mass is 10.0. The minimum atomic E-state index is -1.26. The average Bonchev–Trinajstić information content (AvgIpc) is 3.60. The molecule has 216 valence electrons. The van der Waals surface area contributed by atoms with Gasteiger partial charge in [0.1, 0.15) is 23.7 Å². The van der Waals surface area contributed by atoms with Crippen LogP contribution in [-0.4, -0.2) is 105 Å². The lowest BCUT2D eigenvalue weighted by Crippen LogP contribution is -2.70. The third-order valence-electron chi connectivity index (χ3n) is 7.32. The van der Waals surface area contributed by atoms with Gasteiger partial charge in [0.05, 0.1) is 11.8 Å². The molecule has 0 unspecified atom stereocenters. The van der Waals surface area contributed by atoms with E-state index in [1.54, 1.807) is 15.9 Å². The zero-order valence-electron chi connectivity index (χ0n) is 22.2. The molecule has 1 aromatic rings. The van der Waals surface area contributed by atoms with Crippen LogP contribution in [0.25, 0.3) is 0 Å². The van der Waals surface area contributed by atoms with Crippen LogP contribution in [-0.2, 0) is 23.9 Å². The minimum absolute atomic E-state index is 0.120. The van der Waals surface area contributed by atoms with Crippen LogP contribution in [0, 0.1) is 0 Å². The number of carbonyl (C=O) groups excluding carboxylic acids is 4. The Bertz CT molecular complexity index is 1330. The molecule has 41 heavy (non-hydrogen) atoms.